The maximum atomic E-state index is 13.1. The number of rotatable bonds is 6. The van der Waals surface area contributed by atoms with Gasteiger partial charge in [-0.15, -0.1) is 0 Å². The van der Waals surface area contributed by atoms with Gasteiger partial charge >= 0.3 is 6.03 Å². The van der Waals surface area contributed by atoms with Crippen molar-refractivity contribution in [1.29, 1.82) is 0 Å². The molecule has 33 heavy (non-hydrogen) atoms. The topological polar surface area (TPSA) is 101 Å². The van der Waals surface area contributed by atoms with Crippen molar-refractivity contribution >= 4 is 29.0 Å². The van der Waals surface area contributed by atoms with Gasteiger partial charge in [-0.05, 0) is 48.4 Å². The van der Waals surface area contributed by atoms with Gasteiger partial charge < -0.3 is 16.0 Å². The van der Waals surface area contributed by atoms with Crippen molar-refractivity contribution < 1.29 is 9.59 Å². The van der Waals surface area contributed by atoms with Gasteiger partial charge in [0.05, 0.1) is 17.5 Å². The lowest BCUT2D eigenvalue weighted by Gasteiger charge is -2.13. The number of urea groups is 1. The molecule has 2 aromatic heterocycles. The van der Waals surface area contributed by atoms with Gasteiger partial charge in [0, 0.05) is 23.3 Å². The van der Waals surface area contributed by atoms with Gasteiger partial charge in [-0.3, -0.25) is 4.79 Å². The summed E-state index contributed by atoms with van der Waals surface area (Å²) in [5.41, 5.74) is 3.02. The molecule has 2 aromatic carbocycles. The molecule has 166 valence electrons. The largest absolute Gasteiger partial charge is 0.323 e. The van der Waals surface area contributed by atoms with E-state index in [1.807, 2.05) is 50.2 Å². The zero-order valence-electron chi connectivity index (χ0n) is 18.3. The third-order valence-electron chi connectivity index (χ3n) is 4.87. The van der Waals surface area contributed by atoms with Crippen LogP contribution in [0.4, 0.5) is 21.9 Å². The second kappa shape index (κ2) is 9.78. The van der Waals surface area contributed by atoms with Crippen molar-refractivity contribution in [3.8, 4) is 5.82 Å². The number of pyridine rings is 1. The Labute approximate surface area is 191 Å². The predicted molar refractivity (Wildman–Crippen MR) is 129 cm³/mol. The normalized spacial score (nSPS) is 10.6. The maximum absolute atomic E-state index is 13.1. The molecule has 0 saturated heterocycles. The van der Waals surface area contributed by atoms with E-state index in [1.54, 1.807) is 53.5 Å². The van der Waals surface area contributed by atoms with E-state index in [2.05, 4.69) is 26.0 Å². The van der Waals surface area contributed by atoms with Crippen LogP contribution < -0.4 is 16.0 Å². The first-order valence-electron chi connectivity index (χ1n) is 10.5. The summed E-state index contributed by atoms with van der Waals surface area (Å²) in [5, 5.41) is 12.8. The molecule has 4 rings (SSSR count). The van der Waals surface area contributed by atoms with Crippen molar-refractivity contribution in [2.75, 3.05) is 16.0 Å². The van der Waals surface area contributed by atoms with Crippen LogP contribution in [0.25, 0.3) is 5.82 Å². The molecular weight excluding hydrogens is 416 g/mol. The number of amides is 3. The van der Waals surface area contributed by atoms with E-state index in [1.165, 1.54) is 0 Å². The Balaban J connectivity index is 1.49. The first kappa shape index (κ1) is 21.8. The van der Waals surface area contributed by atoms with Gasteiger partial charge in [-0.1, -0.05) is 44.2 Å². The second-order valence-corrected chi connectivity index (χ2v) is 7.68. The van der Waals surface area contributed by atoms with Crippen LogP contribution in [-0.4, -0.2) is 26.7 Å². The molecular formula is C25H24N6O2. The summed E-state index contributed by atoms with van der Waals surface area (Å²) in [5.74, 6) is 0.410. The van der Waals surface area contributed by atoms with Gasteiger partial charge in [0.1, 0.15) is 0 Å². The molecule has 4 aromatic rings. The third-order valence-corrected chi connectivity index (χ3v) is 4.87. The second-order valence-electron chi connectivity index (χ2n) is 7.68. The van der Waals surface area contributed by atoms with Crippen LogP contribution in [0.15, 0.2) is 85.2 Å². The number of hydrogen-bond donors (Lipinski definition) is 3. The SMILES string of the molecule is CC(C)c1c(C(=O)Nc2cccc(NC(=O)Nc3ccccc3)c2)cnn1-c1ccccn1. The molecule has 0 spiro atoms. The fourth-order valence-corrected chi connectivity index (χ4v) is 3.44. The van der Waals surface area contributed by atoms with Crippen molar-refractivity contribution in [2.45, 2.75) is 19.8 Å². The number of aromatic nitrogens is 3. The number of carbonyl (C=O) groups excluding carboxylic acids is 2. The summed E-state index contributed by atoms with van der Waals surface area (Å²) < 4.78 is 1.69. The van der Waals surface area contributed by atoms with Crippen molar-refractivity contribution in [1.82, 2.24) is 14.8 Å². The quantitative estimate of drug-likeness (QED) is 0.379. The molecule has 8 nitrogen and oxygen atoms in total. The molecule has 0 saturated carbocycles. The monoisotopic (exact) mass is 440 g/mol. The van der Waals surface area contributed by atoms with Crippen LogP contribution >= 0.6 is 0 Å². The lowest BCUT2D eigenvalue weighted by Crippen LogP contribution is -2.19. The highest BCUT2D eigenvalue weighted by Gasteiger charge is 2.21. The van der Waals surface area contributed by atoms with Gasteiger partial charge in [0.2, 0.25) is 0 Å². The van der Waals surface area contributed by atoms with Crippen LogP contribution in [0.5, 0.6) is 0 Å². The van der Waals surface area contributed by atoms with Gasteiger partial charge in [-0.2, -0.15) is 5.10 Å². The molecule has 0 atom stereocenters. The van der Waals surface area contributed by atoms with Crippen molar-refractivity contribution in [3.63, 3.8) is 0 Å². The molecule has 8 heteroatoms. The lowest BCUT2D eigenvalue weighted by atomic mass is 10.1. The summed E-state index contributed by atoms with van der Waals surface area (Å²) in [7, 11) is 0. The van der Waals surface area contributed by atoms with Crippen molar-refractivity contribution in [2.24, 2.45) is 0 Å². The van der Waals surface area contributed by atoms with E-state index in [0.29, 0.717) is 28.4 Å². The number of benzene rings is 2. The first-order chi connectivity index (χ1) is 16.0. The molecule has 3 N–H and O–H groups in total. The Morgan fingerprint density at radius 3 is 2.18 bits per heavy atom. The first-order valence-corrected chi connectivity index (χ1v) is 10.5. The maximum Gasteiger partial charge on any atom is 0.323 e. The zero-order chi connectivity index (χ0) is 23.2. The molecule has 2 heterocycles. The van der Waals surface area contributed by atoms with E-state index in [9.17, 15) is 9.59 Å². The Bertz CT molecular complexity index is 1250. The molecule has 0 fully saturated rings. The molecule has 3 amide bonds. The molecule has 0 radical (unpaired) electrons. The minimum Gasteiger partial charge on any atom is -0.322 e. The third kappa shape index (κ3) is 5.24. The lowest BCUT2D eigenvalue weighted by molar-refractivity contribution is 0.102. The molecule has 0 bridgehead atoms. The average Bonchev–Trinajstić information content (AvgIpc) is 3.26. The zero-order valence-corrected chi connectivity index (χ0v) is 18.3. The highest BCUT2D eigenvalue weighted by Crippen LogP contribution is 2.24. The van der Waals surface area contributed by atoms with Crippen LogP contribution in [-0.2, 0) is 0 Å². The summed E-state index contributed by atoms with van der Waals surface area (Å²) in [6, 6.07) is 21.3. The molecule has 0 aliphatic carbocycles. The Morgan fingerprint density at radius 1 is 0.818 bits per heavy atom. The van der Waals surface area contributed by atoms with Crippen molar-refractivity contribution in [3.05, 3.63) is 96.4 Å². The van der Waals surface area contributed by atoms with Crippen LogP contribution in [0, 0.1) is 0 Å². The number of carbonyl (C=O) groups is 2. The van der Waals surface area contributed by atoms with Gasteiger partial charge in [0.15, 0.2) is 5.82 Å². The highest BCUT2D eigenvalue weighted by atomic mass is 16.2. The van der Waals surface area contributed by atoms with Gasteiger partial charge in [-0.25, -0.2) is 14.5 Å². The van der Waals surface area contributed by atoms with E-state index in [4.69, 9.17) is 0 Å². The number of nitrogens with one attached hydrogen (secondary N) is 3. The number of anilines is 3. The predicted octanol–water partition coefficient (Wildman–Crippen LogP) is 5.29. The van der Waals surface area contributed by atoms with Gasteiger partial charge in [0.25, 0.3) is 5.91 Å². The van der Waals surface area contributed by atoms with E-state index in [-0.39, 0.29) is 17.9 Å². The minimum atomic E-state index is -0.372. The number of nitrogens with zero attached hydrogens (tertiary/aromatic N) is 3. The standard InChI is InChI=1S/C25H24N6O2/c1-17(2)23-21(16-27-31(23)22-13-6-7-14-26-22)24(32)28-19-11-8-12-20(15-19)30-25(33)29-18-9-4-3-5-10-18/h3-17H,1-2H3,(H,28,32)(H2,29,30,33). The minimum absolute atomic E-state index is 0.0462. The Morgan fingerprint density at radius 2 is 1.48 bits per heavy atom. The number of para-hydroxylation sites is 1. The summed E-state index contributed by atoms with van der Waals surface area (Å²) in [4.78, 5) is 29.7. The Hall–Kier alpha value is -4.46. The summed E-state index contributed by atoms with van der Waals surface area (Å²) in [6.45, 7) is 4.01. The average molecular weight is 441 g/mol. The fourth-order valence-electron chi connectivity index (χ4n) is 3.44. The smallest absolute Gasteiger partial charge is 0.322 e. The Kier molecular flexibility index (Phi) is 6.45. The van der Waals surface area contributed by atoms with E-state index >= 15 is 0 Å². The summed E-state index contributed by atoms with van der Waals surface area (Å²) >= 11 is 0. The highest BCUT2D eigenvalue weighted by molar-refractivity contribution is 6.06. The van der Waals surface area contributed by atoms with E-state index < -0.39 is 0 Å². The summed E-state index contributed by atoms with van der Waals surface area (Å²) in [6.07, 6.45) is 3.24. The van der Waals surface area contributed by atoms with E-state index in [0.717, 1.165) is 5.69 Å². The molecule has 0 aliphatic heterocycles. The molecule has 0 aliphatic rings. The van der Waals surface area contributed by atoms with Crippen LogP contribution in [0.3, 0.4) is 0 Å². The number of hydrogen-bond acceptors (Lipinski definition) is 4. The van der Waals surface area contributed by atoms with Crippen LogP contribution in [0.2, 0.25) is 0 Å². The molecule has 0 unspecified atom stereocenters. The fraction of sp³-hybridized carbons (Fsp3) is 0.120. The van der Waals surface area contributed by atoms with Crippen LogP contribution in [0.1, 0.15) is 35.8 Å².